The first-order valence-corrected chi connectivity index (χ1v) is 9.60. The number of methoxy groups -OCH3 is 1. The predicted octanol–water partition coefficient (Wildman–Crippen LogP) is 0.268. The first-order chi connectivity index (χ1) is 13.7. The van der Waals surface area contributed by atoms with Crippen LogP contribution in [0.3, 0.4) is 0 Å². The zero-order valence-corrected chi connectivity index (χ0v) is 16.8. The average molecular weight is 400 g/mol. The fourth-order valence-corrected chi connectivity index (χ4v) is 3.57. The zero-order valence-electron chi connectivity index (χ0n) is 15.9. The van der Waals surface area contributed by atoms with E-state index in [1.165, 1.54) is 4.90 Å². The summed E-state index contributed by atoms with van der Waals surface area (Å²) in [7, 11) is 1.64. The number of hydrogen-bond acceptors (Lipinski definition) is 7. The lowest BCUT2D eigenvalue weighted by atomic mass is 10.2. The number of aromatic nitrogens is 6. The highest BCUT2D eigenvalue weighted by Crippen LogP contribution is 2.23. The van der Waals surface area contributed by atoms with Crippen LogP contribution in [-0.4, -0.2) is 63.0 Å². The van der Waals surface area contributed by atoms with Gasteiger partial charge >= 0.3 is 0 Å². The van der Waals surface area contributed by atoms with Crippen molar-refractivity contribution in [3.8, 4) is 11.4 Å². The summed E-state index contributed by atoms with van der Waals surface area (Å²) >= 11 is 5.63. The Balaban J connectivity index is 1.46. The predicted molar refractivity (Wildman–Crippen MR) is 106 cm³/mol. The first kappa shape index (κ1) is 18.5. The highest BCUT2D eigenvalue weighted by molar-refractivity contribution is 7.71. The third-order valence-corrected chi connectivity index (χ3v) is 5.26. The molecule has 4 rings (SSSR count). The van der Waals surface area contributed by atoms with E-state index in [0.717, 1.165) is 49.1 Å². The second-order valence-corrected chi connectivity index (χ2v) is 7.16. The smallest absolute Gasteiger partial charge is 0.225 e. The molecule has 1 aliphatic rings. The van der Waals surface area contributed by atoms with Crippen molar-refractivity contribution in [1.82, 2.24) is 29.8 Å². The number of aryl methyl sites for hydroxylation is 1. The van der Waals surface area contributed by atoms with E-state index in [1.54, 1.807) is 28.9 Å². The number of tetrazole rings is 1. The molecule has 10 heteroatoms. The molecular weight excluding hydrogens is 376 g/mol. The number of nitrogens with zero attached hydrogens (tertiary/aromatic N) is 7. The Bertz CT molecular complexity index is 994. The van der Waals surface area contributed by atoms with Crippen molar-refractivity contribution >= 4 is 18.2 Å². The van der Waals surface area contributed by atoms with Crippen LogP contribution in [0, 0.1) is 11.7 Å². The van der Waals surface area contributed by atoms with E-state index in [0.29, 0.717) is 11.4 Å². The maximum Gasteiger partial charge on any atom is 0.225 e. The molecule has 0 bridgehead atoms. The van der Waals surface area contributed by atoms with Gasteiger partial charge in [-0.3, -0.25) is 0 Å². The summed E-state index contributed by atoms with van der Waals surface area (Å²) in [5.41, 5.74) is 1.91. The van der Waals surface area contributed by atoms with Crippen molar-refractivity contribution in [2.75, 3.05) is 38.2 Å². The van der Waals surface area contributed by atoms with E-state index in [-0.39, 0.29) is 0 Å². The molecule has 28 heavy (non-hydrogen) atoms. The summed E-state index contributed by atoms with van der Waals surface area (Å²) in [4.78, 5) is 12.3. The van der Waals surface area contributed by atoms with E-state index < -0.39 is 0 Å². The number of hydrogen-bond donors (Lipinski definition) is 1. The summed E-state index contributed by atoms with van der Waals surface area (Å²) in [5.74, 6) is 1.51. The van der Waals surface area contributed by atoms with Gasteiger partial charge in [0.25, 0.3) is 0 Å². The van der Waals surface area contributed by atoms with Crippen LogP contribution in [0.25, 0.3) is 5.69 Å². The van der Waals surface area contributed by atoms with Crippen molar-refractivity contribution in [1.29, 1.82) is 0 Å². The molecule has 0 unspecified atom stereocenters. The van der Waals surface area contributed by atoms with Gasteiger partial charge in [-0.25, -0.2) is 9.97 Å². The molecule has 1 saturated heterocycles. The van der Waals surface area contributed by atoms with Crippen molar-refractivity contribution in [3.05, 3.63) is 47.0 Å². The normalized spacial score (nSPS) is 15.0. The Hall–Kier alpha value is -2.85. The van der Waals surface area contributed by atoms with Crippen molar-refractivity contribution in [3.63, 3.8) is 0 Å². The van der Waals surface area contributed by atoms with Crippen LogP contribution < -0.4 is 14.5 Å². The largest absolute Gasteiger partial charge is 0.494 e. The Morgan fingerprint density at radius 2 is 1.89 bits per heavy atom. The fraction of sp³-hybridized carbons (Fsp3) is 0.389. The molecule has 0 saturated carbocycles. The summed E-state index contributed by atoms with van der Waals surface area (Å²) in [6.07, 6.45) is 3.55. The SMILES string of the molecule is COc1ccc(C)cc1-n1nnn(C[NH+]2CCN(c3ncccn3)CC2)c1=S. The van der Waals surface area contributed by atoms with Gasteiger partial charge in [-0.2, -0.15) is 9.36 Å². The average Bonchev–Trinajstić information content (AvgIpc) is 3.09. The van der Waals surface area contributed by atoms with Gasteiger partial charge in [-0.15, -0.1) is 0 Å². The molecule has 1 N–H and O–H groups in total. The molecule has 0 radical (unpaired) electrons. The lowest BCUT2D eigenvalue weighted by molar-refractivity contribution is -0.924. The summed E-state index contributed by atoms with van der Waals surface area (Å²) < 4.78 is 9.46. The quantitative estimate of drug-likeness (QED) is 0.617. The van der Waals surface area contributed by atoms with Crippen LogP contribution in [0.2, 0.25) is 0 Å². The van der Waals surface area contributed by atoms with E-state index >= 15 is 0 Å². The molecule has 9 nitrogen and oxygen atoms in total. The molecule has 0 amide bonds. The second kappa shape index (κ2) is 8.03. The van der Waals surface area contributed by atoms with Crippen molar-refractivity contribution in [2.24, 2.45) is 0 Å². The van der Waals surface area contributed by atoms with Crippen LogP contribution in [0.4, 0.5) is 5.95 Å². The highest BCUT2D eigenvalue weighted by Gasteiger charge is 2.23. The minimum Gasteiger partial charge on any atom is -0.494 e. The summed E-state index contributed by atoms with van der Waals surface area (Å²) in [6, 6.07) is 7.75. The molecule has 146 valence electrons. The maximum absolute atomic E-state index is 5.63. The molecule has 0 atom stereocenters. The molecule has 3 aromatic rings. The van der Waals surface area contributed by atoms with Gasteiger partial charge < -0.3 is 14.5 Å². The number of anilines is 1. The molecule has 0 aliphatic carbocycles. The number of benzene rings is 1. The van der Waals surface area contributed by atoms with Gasteiger partial charge in [0.05, 0.1) is 33.3 Å². The van der Waals surface area contributed by atoms with E-state index in [9.17, 15) is 0 Å². The Morgan fingerprint density at radius 3 is 2.61 bits per heavy atom. The van der Waals surface area contributed by atoms with E-state index in [4.69, 9.17) is 17.0 Å². The van der Waals surface area contributed by atoms with Crippen LogP contribution in [0.1, 0.15) is 5.56 Å². The van der Waals surface area contributed by atoms with Crippen LogP contribution in [0.5, 0.6) is 5.75 Å². The van der Waals surface area contributed by atoms with Gasteiger partial charge in [0.15, 0.2) is 6.67 Å². The number of quaternary nitrogens is 1. The van der Waals surface area contributed by atoms with Crippen molar-refractivity contribution in [2.45, 2.75) is 13.6 Å². The third kappa shape index (κ3) is 3.73. The summed E-state index contributed by atoms with van der Waals surface area (Å²) in [5, 5.41) is 8.54. The fourth-order valence-electron chi connectivity index (χ4n) is 3.34. The standard InChI is InChI=1S/C18H22N8OS/c1-14-4-5-16(27-2)15(12-14)26-18(28)25(21-22-26)13-23-8-10-24(11-9-23)17-19-6-3-7-20-17/h3-7,12H,8-11,13H2,1-2H3/p+1. The molecular formula is C18H23N8OS+. The minimum atomic E-state index is 0.560. The molecule has 1 fully saturated rings. The summed E-state index contributed by atoms with van der Waals surface area (Å²) in [6.45, 7) is 6.41. The topological polar surface area (TPSA) is 78.3 Å². The van der Waals surface area contributed by atoms with E-state index in [2.05, 4.69) is 25.3 Å². The first-order valence-electron chi connectivity index (χ1n) is 9.19. The molecule has 1 aromatic carbocycles. The Kier molecular flexibility index (Phi) is 5.31. The number of ether oxygens (including phenoxy) is 1. The second-order valence-electron chi connectivity index (χ2n) is 6.79. The lowest BCUT2D eigenvalue weighted by Crippen LogP contribution is -3.14. The number of piperazine rings is 1. The van der Waals surface area contributed by atoms with Crippen molar-refractivity contribution < 1.29 is 9.64 Å². The van der Waals surface area contributed by atoms with Gasteiger partial charge in [-0.1, -0.05) is 6.07 Å². The molecule has 0 spiro atoms. The van der Waals surface area contributed by atoms with Crippen LogP contribution in [-0.2, 0) is 6.67 Å². The number of rotatable bonds is 5. The zero-order chi connectivity index (χ0) is 19.5. The third-order valence-electron chi connectivity index (χ3n) is 4.88. The molecule has 3 heterocycles. The Labute approximate surface area is 168 Å². The molecule has 2 aromatic heterocycles. The van der Waals surface area contributed by atoms with Gasteiger partial charge in [-0.05, 0) is 53.3 Å². The van der Waals surface area contributed by atoms with Gasteiger partial charge in [0, 0.05) is 12.4 Å². The van der Waals surface area contributed by atoms with Crippen LogP contribution in [0.15, 0.2) is 36.7 Å². The van der Waals surface area contributed by atoms with Crippen LogP contribution >= 0.6 is 12.2 Å². The maximum atomic E-state index is 5.63. The highest BCUT2D eigenvalue weighted by atomic mass is 32.1. The number of nitrogens with one attached hydrogen (secondary N) is 1. The monoisotopic (exact) mass is 399 g/mol. The lowest BCUT2D eigenvalue weighted by Gasteiger charge is -2.31. The minimum absolute atomic E-state index is 0.560. The van der Waals surface area contributed by atoms with E-state index in [1.807, 2.05) is 31.2 Å². The molecule has 1 aliphatic heterocycles. The van der Waals surface area contributed by atoms with Gasteiger partial charge in [0.1, 0.15) is 11.4 Å². The Morgan fingerprint density at radius 1 is 1.14 bits per heavy atom. The van der Waals surface area contributed by atoms with Gasteiger partial charge in [0.2, 0.25) is 10.7 Å².